The molecule has 90 valence electrons. The summed E-state index contributed by atoms with van der Waals surface area (Å²) in [4.78, 5) is 24.0. The van der Waals surface area contributed by atoms with Crippen LogP contribution >= 0.6 is 0 Å². The van der Waals surface area contributed by atoms with Gasteiger partial charge in [0.05, 0.1) is 6.54 Å². The first kappa shape index (κ1) is 11.4. The molecule has 5 nitrogen and oxygen atoms in total. The SMILES string of the molecule is CN(CC(N)=O)C(=O)c1ccc2c(c1)NCC2. The molecule has 0 fully saturated rings. The molecule has 0 aromatic heterocycles. The van der Waals surface area contributed by atoms with Crippen molar-refractivity contribution < 1.29 is 9.59 Å². The molecule has 0 aliphatic carbocycles. The second-order valence-corrected chi connectivity index (χ2v) is 4.18. The molecule has 1 aliphatic rings. The number of rotatable bonds is 3. The molecule has 0 saturated carbocycles. The van der Waals surface area contributed by atoms with E-state index in [4.69, 9.17) is 5.73 Å². The molecule has 1 aromatic carbocycles. The van der Waals surface area contributed by atoms with Crippen LogP contribution in [0.3, 0.4) is 0 Å². The molecule has 1 aromatic rings. The highest BCUT2D eigenvalue weighted by molar-refractivity contribution is 5.97. The van der Waals surface area contributed by atoms with Gasteiger partial charge >= 0.3 is 0 Å². The van der Waals surface area contributed by atoms with E-state index >= 15 is 0 Å². The summed E-state index contributed by atoms with van der Waals surface area (Å²) in [6.07, 6.45) is 0.987. The van der Waals surface area contributed by atoms with E-state index in [2.05, 4.69) is 5.32 Å². The zero-order valence-electron chi connectivity index (χ0n) is 9.69. The Morgan fingerprint density at radius 3 is 2.94 bits per heavy atom. The van der Waals surface area contributed by atoms with E-state index in [9.17, 15) is 9.59 Å². The van der Waals surface area contributed by atoms with Crippen molar-refractivity contribution in [1.29, 1.82) is 0 Å². The van der Waals surface area contributed by atoms with Gasteiger partial charge in [-0.2, -0.15) is 0 Å². The molecule has 0 spiro atoms. The molecule has 0 unspecified atom stereocenters. The van der Waals surface area contributed by atoms with Crippen LogP contribution in [0.2, 0.25) is 0 Å². The van der Waals surface area contributed by atoms with Crippen LogP contribution in [0.1, 0.15) is 15.9 Å². The summed E-state index contributed by atoms with van der Waals surface area (Å²) in [5.74, 6) is -0.708. The Kier molecular flexibility index (Phi) is 2.99. The summed E-state index contributed by atoms with van der Waals surface area (Å²) >= 11 is 0. The van der Waals surface area contributed by atoms with Crippen LogP contribution in [-0.2, 0) is 11.2 Å². The first-order chi connectivity index (χ1) is 8.08. The highest BCUT2D eigenvalue weighted by atomic mass is 16.2. The average molecular weight is 233 g/mol. The number of primary amides is 1. The predicted molar refractivity (Wildman–Crippen MR) is 64.8 cm³/mol. The van der Waals surface area contributed by atoms with Crippen LogP contribution in [0.5, 0.6) is 0 Å². The molecule has 5 heteroatoms. The molecular formula is C12H15N3O2. The lowest BCUT2D eigenvalue weighted by Crippen LogP contribution is -2.35. The standard InChI is InChI=1S/C12H15N3O2/c1-15(7-11(13)16)12(17)9-3-2-8-4-5-14-10(8)6-9/h2-3,6,14H,4-5,7H2,1H3,(H2,13,16). The summed E-state index contributed by atoms with van der Waals surface area (Å²) in [5, 5.41) is 3.21. The molecule has 0 saturated heterocycles. The zero-order chi connectivity index (χ0) is 12.4. The van der Waals surface area contributed by atoms with E-state index < -0.39 is 5.91 Å². The van der Waals surface area contributed by atoms with Gasteiger partial charge < -0.3 is 16.0 Å². The maximum atomic E-state index is 12.0. The van der Waals surface area contributed by atoms with E-state index in [1.807, 2.05) is 12.1 Å². The number of carbonyl (C=O) groups is 2. The van der Waals surface area contributed by atoms with Gasteiger partial charge in [0.15, 0.2) is 0 Å². The van der Waals surface area contributed by atoms with Gasteiger partial charge in [0.2, 0.25) is 5.91 Å². The molecule has 0 atom stereocenters. The Bertz CT molecular complexity index is 471. The van der Waals surface area contributed by atoms with Gasteiger partial charge in [-0.15, -0.1) is 0 Å². The Hall–Kier alpha value is -2.04. The number of likely N-dealkylation sites (N-methyl/N-ethyl adjacent to an activating group) is 1. The molecule has 0 bridgehead atoms. The number of nitrogens with zero attached hydrogens (tertiary/aromatic N) is 1. The third-order valence-electron chi connectivity index (χ3n) is 2.81. The number of anilines is 1. The molecule has 3 N–H and O–H groups in total. The summed E-state index contributed by atoms with van der Waals surface area (Å²) in [6.45, 7) is 0.841. The largest absolute Gasteiger partial charge is 0.384 e. The van der Waals surface area contributed by atoms with Crippen LogP contribution < -0.4 is 11.1 Å². The highest BCUT2D eigenvalue weighted by Crippen LogP contribution is 2.23. The summed E-state index contributed by atoms with van der Waals surface area (Å²) < 4.78 is 0. The van der Waals surface area contributed by atoms with Crippen molar-refractivity contribution in [2.75, 3.05) is 25.5 Å². The molecule has 2 amide bonds. The van der Waals surface area contributed by atoms with Crippen molar-refractivity contribution in [3.63, 3.8) is 0 Å². The van der Waals surface area contributed by atoms with Gasteiger partial charge in [0, 0.05) is 24.8 Å². The second-order valence-electron chi connectivity index (χ2n) is 4.18. The lowest BCUT2D eigenvalue weighted by atomic mass is 10.1. The fraction of sp³-hybridized carbons (Fsp3) is 0.333. The van der Waals surface area contributed by atoms with Gasteiger partial charge in [-0.25, -0.2) is 0 Å². The third-order valence-corrected chi connectivity index (χ3v) is 2.81. The van der Waals surface area contributed by atoms with E-state index in [-0.39, 0.29) is 12.5 Å². The number of hydrogen-bond acceptors (Lipinski definition) is 3. The monoisotopic (exact) mass is 233 g/mol. The van der Waals surface area contributed by atoms with E-state index in [0.29, 0.717) is 5.56 Å². The minimum atomic E-state index is -0.514. The minimum absolute atomic E-state index is 0.0661. The van der Waals surface area contributed by atoms with E-state index in [0.717, 1.165) is 18.7 Å². The van der Waals surface area contributed by atoms with E-state index in [1.165, 1.54) is 10.5 Å². The number of fused-ring (bicyclic) bond motifs is 1. The summed E-state index contributed by atoms with van der Waals surface area (Å²) in [5.41, 5.74) is 7.85. The van der Waals surface area contributed by atoms with Gasteiger partial charge in [-0.1, -0.05) is 6.07 Å². The van der Waals surface area contributed by atoms with Crippen molar-refractivity contribution >= 4 is 17.5 Å². The average Bonchev–Trinajstić information content (AvgIpc) is 2.73. The summed E-state index contributed by atoms with van der Waals surface area (Å²) in [6, 6.07) is 5.55. The van der Waals surface area contributed by atoms with Gasteiger partial charge in [-0.05, 0) is 24.1 Å². The molecule has 1 aliphatic heterocycles. The van der Waals surface area contributed by atoms with E-state index in [1.54, 1.807) is 13.1 Å². The van der Waals surface area contributed by atoms with Crippen molar-refractivity contribution in [3.05, 3.63) is 29.3 Å². The fourth-order valence-electron chi connectivity index (χ4n) is 1.95. The number of hydrogen-bond donors (Lipinski definition) is 2. The molecular weight excluding hydrogens is 218 g/mol. The highest BCUT2D eigenvalue weighted by Gasteiger charge is 2.16. The first-order valence-electron chi connectivity index (χ1n) is 5.48. The van der Waals surface area contributed by atoms with Crippen molar-refractivity contribution in [2.24, 2.45) is 5.73 Å². The van der Waals surface area contributed by atoms with Crippen LogP contribution in [0.15, 0.2) is 18.2 Å². The second kappa shape index (κ2) is 4.45. The fourth-order valence-corrected chi connectivity index (χ4v) is 1.95. The van der Waals surface area contributed by atoms with Crippen molar-refractivity contribution in [2.45, 2.75) is 6.42 Å². The maximum absolute atomic E-state index is 12.0. The Morgan fingerprint density at radius 1 is 1.47 bits per heavy atom. The molecule has 2 rings (SSSR count). The van der Waals surface area contributed by atoms with Gasteiger partial charge in [-0.3, -0.25) is 9.59 Å². The normalized spacial score (nSPS) is 12.8. The number of carbonyl (C=O) groups excluding carboxylic acids is 2. The van der Waals surface area contributed by atoms with Crippen molar-refractivity contribution in [3.8, 4) is 0 Å². The Labute approximate surface area is 99.6 Å². The number of benzene rings is 1. The van der Waals surface area contributed by atoms with Crippen LogP contribution in [0, 0.1) is 0 Å². The first-order valence-corrected chi connectivity index (χ1v) is 5.48. The topological polar surface area (TPSA) is 75.4 Å². The number of amides is 2. The Morgan fingerprint density at radius 2 is 2.24 bits per heavy atom. The third kappa shape index (κ3) is 2.38. The maximum Gasteiger partial charge on any atom is 0.254 e. The quantitative estimate of drug-likeness (QED) is 0.783. The van der Waals surface area contributed by atoms with Crippen LogP contribution in [0.4, 0.5) is 5.69 Å². The minimum Gasteiger partial charge on any atom is -0.384 e. The Balaban J connectivity index is 2.17. The number of nitrogens with one attached hydrogen (secondary N) is 1. The lowest BCUT2D eigenvalue weighted by molar-refractivity contribution is -0.118. The lowest BCUT2D eigenvalue weighted by Gasteiger charge is -2.15. The van der Waals surface area contributed by atoms with Crippen molar-refractivity contribution in [1.82, 2.24) is 4.90 Å². The molecule has 17 heavy (non-hydrogen) atoms. The molecule has 1 heterocycles. The summed E-state index contributed by atoms with van der Waals surface area (Å²) in [7, 11) is 1.56. The zero-order valence-corrected chi connectivity index (χ0v) is 9.69. The van der Waals surface area contributed by atoms with Gasteiger partial charge in [0.1, 0.15) is 0 Å². The van der Waals surface area contributed by atoms with Crippen LogP contribution in [-0.4, -0.2) is 36.9 Å². The number of nitrogens with two attached hydrogens (primary N) is 1. The smallest absolute Gasteiger partial charge is 0.254 e. The molecule has 0 radical (unpaired) electrons. The van der Waals surface area contributed by atoms with Crippen LogP contribution in [0.25, 0.3) is 0 Å². The predicted octanol–water partition coefficient (Wildman–Crippen LogP) is 0.212. The van der Waals surface area contributed by atoms with Gasteiger partial charge in [0.25, 0.3) is 5.91 Å².